The molecule has 0 aromatic rings. The lowest BCUT2D eigenvalue weighted by atomic mass is 9.75. The molecule has 0 unspecified atom stereocenters. The fourth-order valence-electron chi connectivity index (χ4n) is 3.14. The highest BCUT2D eigenvalue weighted by Gasteiger charge is 2.33. The van der Waals surface area contributed by atoms with Crippen molar-refractivity contribution >= 4 is 11.8 Å². The van der Waals surface area contributed by atoms with Crippen molar-refractivity contribution in [2.75, 3.05) is 19.8 Å². The third kappa shape index (κ3) is 11.2. The fraction of sp³-hybridized carbons (Fsp3) is 0.900. The van der Waals surface area contributed by atoms with E-state index >= 15 is 0 Å². The lowest BCUT2D eigenvalue weighted by Gasteiger charge is -2.33. The van der Waals surface area contributed by atoms with E-state index in [4.69, 9.17) is 10.5 Å². The molecule has 0 bridgehead atoms. The molecule has 0 aliphatic rings. The van der Waals surface area contributed by atoms with Crippen molar-refractivity contribution in [2.45, 2.75) is 75.2 Å². The van der Waals surface area contributed by atoms with Gasteiger partial charge in [-0.3, -0.25) is 9.59 Å². The summed E-state index contributed by atoms with van der Waals surface area (Å²) in [7, 11) is 0. The molecule has 0 aliphatic carbocycles. The molecule has 148 valence electrons. The molecule has 0 heterocycles. The maximum absolute atomic E-state index is 12.5. The Bertz CT molecular complexity index is 460. The summed E-state index contributed by atoms with van der Waals surface area (Å²) in [5.74, 6) is -0.245. The van der Waals surface area contributed by atoms with Gasteiger partial charge in [0.25, 0.3) is 0 Å². The summed E-state index contributed by atoms with van der Waals surface area (Å²) in [6.07, 6.45) is 1.12. The third-order valence-corrected chi connectivity index (χ3v) is 3.95. The summed E-state index contributed by atoms with van der Waals surface area (Å²) in [6.45, 7) is 20.0. The standard InChI is InChI=1S/C20H40N2O3/c1-17(2,3)11-20(8,9)16(24)22-12-19(6,7)14-25-13-18(4,5)10-15(21)23/h10-14H2,1-9H3,(H2,21,23)(H,22,24). The molecule has 5 nitrogen and oxygen atoms in total. The van der Waals surface area contributed by atoms with E-state index in [9.17, 15) is 9.59 Å². The predicted octanol–water partition coefficient (Wildman–Crippen LogP) is 3.51. The van der Waals surface area contributed by atoms with Crippen molar-refractivity contribution in [1.82, 2.24) is 5.32 Å². The Balaban J connectivity index is 4.44. The number of hydrogen-bond acceptors (Lipinski definition) is 3. The van der Waals surface area contributed by atoms with Crippen LogP contribution in [0.15, 0.2) is 0 Å². The molecule has 0 aromatic heterocycles. The van der Waals surface area contributed by atoms with Crippen LogP contribution < -0.4 is 11.1 Å². The second kappa shape index (κ2) is 8.52. The Morgan fingerprint density at radius 1 is 0.880 bits per heavy atom. The molecule has 0 aliphatic heterocycles. The van der Waals surface area contributed by atoms with Gasteiger partial charge in [-0.1, -0.05) is 62.3 Å². The fourth-order valence-corrected chi connectivity index (χ4v) is 3.14. The van der Waals surface area contributed by atoms with Gasteiger partial charge in [-0.15, -0.1) is 0 Å². The highest BCUT2D eigenvalue weighted by Crippen LogP contribution is 2.33. The highest BCUT2D eigenvalue weighted by atomic mass is 16.5. The van der Waals surface area contributed by atoms with Crippen molar-refractivity contribution in [3.05, 3.63) is 0 Å². The first-order chi connectivity index (χ1) is 11.0. The van der Waals surface area contributed by atoms with Crippen LogP contribution in [-0.2, 0) is 14.3 Å². The van der Waals surface area contributed by atoms with Crippen molar-refractivity contribution in [3.63, 3.8) is 0 Å². The van der Waals surface area contributed by atoms with Crippen LogP contribution in [0.1, 0.15) is 75.2 Å². The van der Waals surface area contributed by atoms with Crippen molar-refractivity contribution in [1.29, 1.82) is 0 Å². The molecule has 3 N–H and O–H groups in total. The summed E-state index contributed by atoms with van der Waals surface area (Å²) in [5, 5.41) is 3.07. The molecular formula is C20H40N2O3. The first kappa shape index (κ1) is 23.9. The SMILES string of the molecule is CC(C)(C)CC(C)(C)C(=O)NCC(C)(C)COCC(C)(C)CC(N)=O. The van der Waals surface area contributed by atoms with Crippen LogP contribution in [0.2, 0.25) is 0 Å². The molecule has 5 heteroatoms. The smallest absolute Gasteiger partial charge is 0.225 e. The number of nitrogens with two attached hydrogens (primary N) is 1. The predicted molar refractivity (Wildman–Crippen MR) is 103 cm³/mol. The summed E-state index contributed by atoms with van der Waals surface area (Å²) < 4.78 is 5.80. The van der Waals surface area contributed by atoms with E-state index in [1.54, 1.807) is 0 Å². The summed E-state index contributed by atoms with van der Waals surface area (Å²) >= 11 is 0. The summed E-state index contributed by atoms with van der Waals surface area (Å²) in [6, 6.07) is 0. The van der Waals surface area contributed by atoms with Crippen LogP contribution in [0.5, 0.6) is 0 Å². The van der Waals surface area contributed by atoms with Gasteiger partial charge >= 0.3 is 0 Å². The van der Waals surface area contributed by atoms with Gasteiger partial charge < -0.3 is 15.8 Å². The number of carbonyl (C=O) groups excluding carboxylic acids is 2. The van der Waals surface area contributed by atoms with E-state index in [2.05, 4.69) is 39.9 Å². The van der Waals surface area contributed by atoms with Gasteiger partial charge in [0.2, 0.25) is 11.8 Å². The third-order valence-electron chi connectivity index (χ3n) is 3.95. The number of ether oxygens (including phenoxy) is 1. The zero-order valence-electron chi connectivity index (χ0n) is 17.8. The van der Waals surface area contributed by atoms with E-state index in [0.29, 0.717) is 26.2 Å². The Hall–Kier alpha value is -1.10. The normalized spacial score (nSPS) is 13.6. The van der Waals surface area contributed by atoms with Gasteiger partial charge in [0.15, 0.2) is 0 Å². The average molecular weight is 357 g/mol. The van der Waals surface area contributed by atoms with Crippen LogP contribution in [-0.4, -0.2) is 31.6 Å². The van der Waals surface area contributed by atoms with Gasteiger partial charge in [-0.25, -0.2) is 0 Å². The van der Waals surface area contributed by atoms with Gasteiger partial charge in [0, 0.05) is 23.8 Å². The van der Waals surface area contributed by atoms with E-state index in [-0.39, 0.29) is 28.1 Å². The quantitative estimate of drug-likeness (QED) is 0.628. The summed E-state index contributed by atoms with van der Waals surface area (Å²) in [4.78, 5) is 23.6. The van der Waals surface area contributed by atoms with Crippen molar-refractivity contribution in [2.24, 2.45) is 27.4 Å². The summed E-state index contributed by atoms with van der Waals surface area (Å²) in [5.41, 5.74) is 4.50. The molecule has 0 saturated carbocycles. The van der Waals surface area contributed by atoms with E-state index < -0.39 is 5.41 Å². The first-order valence-corrected chi connectivity index (χ1v) is 9.10. The van der Waals surface area contributed by atoms with Crippen molar-refractivity contribution < 1.29 is 14.3 Å². The van der Waals surface area contributed by atoms with E-state index in [1.807, 2.05) is 27.7 Å². The second-order valence-electron chi connectivity index (χ2n) is 10.8. The Morgan fingerprint density at radius 2 is 1.36 bits per heavy atom. The van der Waals surface area contributed by atoms with Gasteiger partial charge in [0.1, 0.15) is 0 Å². The number of rotatable bonds is 10. The Morgan fingerprint density at radius 3 is 1.80 bits per heavy atom. The highest BCUT2D eigenvalue weighted by molar-refractivity contribution is 5.81. The molecule has 0 rings (SSSR count). The number of primary amides is 1. The minimum absolute atomic E-state index is 0.0737. The first-order valence-electron chi connectivity index (χ1n) is 9.10. The number of hydrogen-bond donors (Lipinski definition) is 2. The van der Waals surface area contributed by atoms with Crippen LogP contribution in [0.4, 0.5) is 0 Å². The largest absolute Gasteiger partial charge is 0.380 e. The Kier molecular flexibility index (Phi) is 8.15. The molecule has 0 saturated heterocycles. The number of amides is 2. The van der Waals surface area contributed by atoms with E-state index in [0.717, 1.165) is 6.42 Å². The maximum atomic E-state index is 12.5. The minimum Gasteiger partial charge on any atom is -0.380 e. The Labute approximate surface area is 154 Å². The topological polar surface area (TPSA) is 81.4 Å². The van der Waals surface area contributed by atoms with Gasteiger partial charge in [-0.05, 0) is 17.3 Å². The van der Waals surface area contributed by atoms with Crippen LogP contribution in [0.3, 0.4) is 0 Å². The van der Waals surface area contributed by atoms with Crippen molar-refractivity contribution in [3.8, 4) is 0 Å². The monoisotopic (exact) mass is 356 g/mol. The van der Waals surface area contributed by atoms with Crippen LogP contribution in [0.25, 0.3) is 0 Å². The molecular weight excluding hydrogens is 316 g/mol. The molecule has 0 fully saturated rings. The molecule has 0 atom stereocenters. The average Bonchev–Trinajstić information content (AvgIpc) is 2.30. The zero-order valence-corrected chi connectivity index (χ0v) is 17.8. The molecule has 0 radical (unpaired) electrons. The lowest BCUT2D eigenvalue weighted by molar-refractivity contribution is -0.131. The molecule has 0 aromatic carbocycles. The zero-order chi connectivity index (χ0) is 20.1. The number of nitrogens with one attached hydrogen (secondary N) is 1. The van der Waals surface area contributed by atoms with Crippen LogP contribution >= 0.6 is 0 Å². The van der Waals surface area contributed by atoms with E-state index in [1.165, 1.54) is 0 Å². The maximum Gasteiger partial charge on any atom is 0.225 e. The lowest BCUT2D eigenvalue weighted by Crippen LogP contribution is -2.44. The van der Waals surface area contributed by atoms with Gasteiger partial charge in [-0.2, -0.15) is 0 Å². The molecule has 25 heavy (non-hydrogen) atoms. The van der Waals surface area contributed by atoms with Gasteiger partial charge in [0.05, 0.1) is 13.2 Å². The molecule has 0 spiro atoms. The van der Waals surface area contributed by atoms with Crippen LogP contribution in [0, 0.1) is 21.7 Å². The second-order valence-corrected chi connectivity index (χ2v) is 10.8. The number of carbonyl (C=O) groups is 2. The molecule has 2 amide bonds. The minimum atomic E-state index is -0.404.